The molecule has 1 saturated carbocycles. The van der Waals surface area contributed by atoms with Crippen molar-refractivity contribution in [1.29, 1.82) is 0 Å². The van der Waals surface area contributed by atoms with Gasteiger partial charge in [-0.3, -0.25) is 0 Å². The van der Waals surface area contributed by atoms with E-state index >= 15 is 0 Å². The fourth-order valence-corrected chi connectivity index (χ4v) is 5.85. The maximum Gasteiger partial charge on any atom is 0.223 e. The molecule has 1 aliphatic carbocycles. The van der Waals surface area contributed by atoms with Crippen LogP contribution in [0.2, 0.25) is 23.4 Å². The van der Waals surface area contributed by atoms with Gasteiger partial charge in [-0.1, -0.05) is 20.8 Å². The zero-order valence-corrected chi connectivity index (χ0v) is 18.7. The molecule has 0 atom stereocenters. The predicted molar refractivity (Wildman–Crippen MR) is 107 cm³/mol. The van der Waals surface area contributed by atoms with Gasteiger partial charge in [-0.15, -0.1) is 11.3 Å². The Bertz CT molecular complexity index is 830. The van der Waals surface area contributed by atoms with E-state index in [1.54, 1.807) is 0 Å². The van der Waals surface area contributed by atoms with Crippen molar-refractivity contribution in [2.75, 3.05) is 0 Å². The van der Waals surface area contributed by atoms with Gasteiger partial charge in [0.1, 0.15) is 16.3 Å². The first kappa shape index (κ1) is 19.9. The van der Waals surface area contributed by atoms with Crippen molar-refractivity contribution in [2.24, 2.45) is 0 Å². The van der Waals surface area contributed by atoms with E-state index in [2.05, 4.69) is 43.8 Å². The highest BCUT2D eigenvalue weighted by Crippen LogP contribution is 2.52. The van der Waals surface area contributed by atoms with Crippen LogP contribution in [-0.4, -0.2) is 23.3 Å². The monoisotopic (exact) mass is 413 g/mol. The Morgan fingerprint density at radius 3 is 2.46 bits per heavy atom. The molecule has 3 rings (SSSR count). The molecule has 26 heavy (non-hydrogen) atoms. The van der Waals surface area contributed by atoms with Crippen molar-refractivity contribution >= 4 is 31.3 Å². The minimum absolute atomic E-state index is 0.0339. The standard InChI is InChI=1S/C18H25ClFN3OSSi/c1-11-14(13-12(20)10-21-16(19)23-13)25-15(22-11)18(8-7-9-18)24-26(5,6)17(2,3)4/h10H,7-9H2,1-6H3. The lowest BCUT2D eigenvalue weighted by Crippen LogP contribution is -2.51. The molecule has 0 bridgehead atoms. The van der Waals surface area contributed by atoms with E-state index in [4.69, 9.17) is 21.0 Å². The summed E-state index contributed by atoms with van der Waals surface area (Å²) in [5.74, 6) is -0.485. The Balaban J connectivity index is 2.00. The largest absolute Gasteiger partial charge is 0.405 e. The van der Waals surface area contributed by atoms with Crippen LogP contribution in [0.5, 0.6) is 0 Å². The fraction of sp³-hybridized carbons (Fsp3) is 0.611. The minimum Gasteiger partial charge on any atom is -0.405 e. The molecule has 0 unspecified atom stereocenters. The zero-order valence-electron chi connectivity index (χ0n) is 16.1. The molecule has 2 aromatic heterocycles. The lowest BCUT2D eigenvalue weighted by atomic mass is 9.81. The summed E-state index contributed by atoms with van der Waals surface area (Å²) < 4.78 is 21.0. The number of aromatic nitrogens is 3. The van der Waals surface area contributed by atoms with Crippen molar-refractivity contribution < 1.29 is 8.82 Å². The summed E-state index contributed by atoms with van der Waals surface area (Å²) in [5.41, 5.74) is 0.626. The van der Waals surface area contributed by atoms with E-state index in [1.807, 2.05) is 6.92 Å². The van der Waals surface area contributed by atoms with Gasteiger partial charge in [0.25, 0.3) is 0 Å². The van der Waals surface area contributed by atoms with Crippen LogP contribution in [0.15, 0.2) is 6.20 Å². The second kappa shape index (κ2) is 6.62. The number of hydrogen-bond acceptors (Lipinski definition) is 5. The van der Waals surface area contributed by atoms with Crippen molar-refractivity contribution in [2.45, 2.75) is 70.7 Å². The van der Waals surface area contributed by atoms with Crippen LogP contribution in [0, 0.1) is 12.7 Å². The number of hydrogen-bond donors (Lipinski definition) is 0. The van der Waals surface area contributed by atoms with Gasteiger partial charge in [0.2, 0.25) is 5.28 Å². The highest BCUT2D eigenvalue weighted by molar-refractivity contribution is 7.15. The summed E-state index contributed by atoms with van der Waals surface area (Å²) in [4.78, 5) is 13.2. The van der Waals surface area contributed by atoms with Crippen LogP contribution < -0.4 is 0 Å². The first-order valence-corrected chi connectivity index (χ1v) is 12.9. The molecule has 0 saturated heterocycles. The highest BCUT2D eigenvalue weighted by atomic mass is 35.5. The van der Waals surface area contributed by atoms with Crippen molar-refractivity contribution in [3.8, 4) is 10.6 Å². The molecule has 0 aliphatic heterocycles. The molecular formula is C18H25ClFN3OSSi. The van der Waals surface area contributed by atoms with Gasteiger partial charge in [0, 0.05) is 0 Å². The van der Waals surface area contributed by atoms with Gasteiger partial charge >= 0.3 is 0 Å². The maximum atomic E-state index is 14.2. The molecule has 0 aromatic carbocycles. The third-order valence-electron chi connectivity index (χ3n) is 5.53. The molecule has 4 nitrogen and oxygen atoms in total. The number of thiazole rings is 1. The van der Waals surface area contributed by atoms with Crippen LogP contribution in [0.4, 0.5) is 4.39 Å². The van der Waals surface area contributed by atoms with Crippen molar-refractivity contribution in [3.63, 3.8) is 0 Å². The topological polar surface area (TPSA) is 47.9 Å². The molecule has 2 heterocycles. The van der Waals surface area contributed by atoms with Crippen LogP contribution in [-0.2, 0) is 10.0 Å². The summed E-state index contributed by atoms with van der Waals surface area (Å²) >= 11 is 7.33. The summed E-state index contributed by atoms with van der Waals surface area (Å²) in [6.07, 6.45) is 4.14. The van der Waals surface area contributed by atoms with Crippen LogP contribution in [0.3, 0.4) is 0 Å². The van der Waals surface area contributed by atoms with Gasteiger partial charge in [-0.05, 0) is 55.9 Å². The molecule has 2 aromatic rings. The van der Waals surface area contributed by atoms with Crippen LogP contribution in [0.25, 0.3) is 10.6 Å². The smallest absolute Gasteiger partial charge is 0.223 e. The van der Waals surface area contributed by atoms with Gasteiger partial charge in [0.05, 0.1) is 16.8 Å². The van der Waals surface area contributed by atoms with E-state index in [9.17, 15) is 4.39 Å². The van der Waals surface area contributed by atoms with Gasteiger partial charge in [-0.25, -0.2) is 19.3 Å². The molecule has 8 heteroatoms. The lowest BCUT2D eigenvalue weighted by Gasteiger charge is -2.49. The summed E-state index contributed by atoms with van der Waals surface area (Å²) in [6, 6.07) is 0. The molecule has 1 aliphatic rings. The molecule has 0 amide bonds. The Labute approximate surface area is 164 Å². The van der Waals surface area contributed by atoms with E-state index in [1.165, 1.54) is 11.3 Å². The Hall–Kier alpha value is -0.893. The predicted octanol–water partition coefficient (Wildman–Crippen LogP) is 6.10. The average molecular weight is 414 g/mol. The van der Waals surface area contributed by atoms with E-state index in [0.717, 1.165) is 36.2 Å². The van der Waals surface area contributed by atoms with E-state index in [-0.39, 0.29) is 21.6 Å². The molecule has 142 valence electrons. The van der Waals surface area contributed by atoms with Crippen molar-refractivity contribution in [1.82, 2.24) is 15.0 Å². The van der Waals surface area contributed by atoms with Crippen LogP contribution >= 0.6 is 22.9 Å². The minimum atomic E-state index is -1.95. The second-order valence-corrected chi connectivity index (χ2v) is 14.5. The molecule has 0 spiro atoms. The number of halogens is 2. The Morgan fingerprint density at radius 1 is 1.27 bits per heavy atom. The first-order chi connectivity index (χ1) is 12.0. The number of nitrogens with zero attached hydrogens (tertiary/aromatic N) is 3. The van der Waals surface area contributed by atoms with Gasteiger partial charge < -0.3 is 4.43 Å². The zero-order chi connectivity index (χ0) is 19.3. The third-order valence-corrected chi connectivity index (χ3v) is 11.6. The average Bonchev–Trinajstić information content (AvgIpc) is 2.86. The molecule has 0 radical (unpaired) electrons. The van der Waals surface area contributed by atoms with Gasteiger partial charge in [-0.2, -0.15) is 0 Å². The molecular weight excluding hydrogens is 389 g/mol. The third kappa shape index (κ3) is 3.46. The highest BCUT2D eigenvalue weighted by Gasteiger charge is 2.50. The molecule has 0 N–H and O–H groups in total. The normalized spacial score (nSPS) is 17.2. The van der Waals surface area contributed by atoms with Crippen molar-refractivity contribution in [3.05, 3.63) is 28.0 Å². The molecule has 1 fully saturated rings. The summed E-state index contributed by atoms with van der Waals surface area (Å²) in [7, 11) is -1.95. The Kier molecular flexibility index (Phi) is 5.05. The van der Waals surface area contributed by atoms with E-state index < -0.39 is 14.1 Å². The van der Waals surface area contributed by atoms with E-state index in [0.29, 0.717) is 4.88 Å². The quantitative estimate of drug-likeness (QED) is 0.448. The summed E-state index contributed by atoms with van der Waals surface area (Å²) in [5, 5.41) is 1.08. The van der Waals surface area contributed by atoms with Crippen LogP contribution in [0.1, 0.15) is 50.7 Å². The number of aryl methyl sites for hydroxylation is 1. The second-order valence-electron chi connectivity index (χ2n) is 8.48. The maximum absolute atomic E-state index is 14.2. The lowest BCUT2D eigenvalue weighted by molar-refractivity contribution is -0.0255. The Morgan fingerprint density at radius 2 is 1.92 bits per heavy atom. The SMILES string of the molecule is Cc1nc(C2(O[Si](C)(C)C(C)(C)C)CCC2)sc1-c1nc(Cl)ncc1F. The summed E-state index contributed by atoms with van der Waals surface area (Å²) in [6.45, 7) is 13.1. The van der Waals surface area contributed by atoms with Gasteiger partial charge in [0.15, 0.2) is 14.1 Å². The first-order valence-electron chi connectivity index (χ1n) is 8.82. The number of rotatable bonds is 4. The fourth-order valence-electron chi connectivity index (χ4n) is 2.81.